The fourth-order valence-electron chi connectivity index (χ4n) is 2.34. The van der Waals surface area contributed by atoms with Gasteiger partial charge in [-0.15, -0.1) is 11.3 Å². The molecule has 1 heterocycles. The van der Waals surface area contributed by atoms with Crippen LogP contribution in [0.2, 0.25) is 18.1 Å². The van der Waals surface area contributed by atoms with Gasteiger partial charge in [0.25, 0.3) is 0 Å². The van der Waals surface area contributed by atoms with Gasteiger partial charge in [0.05, 0.1) is 10.2 Å². The molecule has 0 saturated heterocycles. The summed E-state index contributed by atoms with van der Waals surface area (Å²) in [5.41, 5.74) is 1.13. The lowest BCUT2D eigenvalue weighted by atomic mass is 10.2. The van der Waals surface area contributed by atoms with Gasteiger partial charge >= 0.3 is 0 Å². The highest BCUT2D eigenvalue weighted by Gasteiger charge is 2.38. The van der Waals surface area contributed by atoms with Crippen LogP contribution in [-0.2, 0) is 4.43 Å². The topological polar surface area (TPSA) is 22.1 Å². The lowest BCUT2D eigenvalue weighted by Crippen LogP contribution is -2.43. The summed E-state index contributed by atoms with van der Waals surface area (Å²) < 4.78 is 8.91. The molecule has 24 heavy (non-hydrogen) atoms. The number of thiazole rings is 1. The highest BCUT2D eigenvalue weighted by Crippen LogP contribution is 2.37. The molecular weight excluding hydrogens is 350 g/mol. The molecule has 0 bridgehead atoms. The fourth-order valence-corrected chi connectivity index (χ4v) is 5.96. The first-order valence-electron chi connectivity index (χ1n) is 8.85. The molecule has 0 radical (unpaired) electrons. The number of para-hydroxylation sites is 1. The van der Waals surface area contributed by atoms with Crippen LogP contribution in [0.1, 0.15) is 47.0 Å². The number of unbranched alkanes of at least 4 members (excludes halogenated alkanes) is 1. The smallest absolute Gasteiger partial charge is 0.192 e. The van der Waals surface area contributed by atoms with Gasteiger partial charge in [-0.1, -0.05) is 51.1 Å². The van der Waals surface area contributed by atoms with Crippen LogP contribution in [0.4, 0.5) is 0 Å². The Hall–Kier alpha value is -0.363. The average Bonchev–Trinajstić information content (AvgIpc) is 2.87. The number of fused-ring (bicyclic) bond motifs is 1. The summed E-state index contributed by atoms with van der Waals surface area (Å²) in [4.78, 5) is 4.68. The summed E-state index contributed by atoms with van der Waals surface area (Å²) >= 11 is 3.70. The summed E-state index contributed by atoms with van der Waals surface area (Å²) in [6, 6.07) is 8.38. The number of rotatable bonds is 8. The van der Waals surface area contributed by atoms with E-state index in [1.165, 1.54) is 21.9 Å². The van der Waals surface area contributed by atoms with Gasteiger partial charge in [0, 0.05) is 11.9 Å². The Labute approximate surface area is 156 Å². The molecule has 1 atom stereocenters. The van der Waals surface area contributed by atoms with E-state index in [2.05, 4.69) is 70.0 Å². The van der Waals surface area contributed by atoms with Crippen LogP contribution in [-0.4, -0.2) is 25.2 Å². The molecule has 2 nitrogen and oxygen atoms in total. The zero-order valence-electron chi connectivity index (χ0n) is 15.9. The normalized spacial score (nSPS) is 14.2. The molecule has 134 valence electrons. The minimum atomic E-state index is -1.62. The predicted octanol–water partition coefficient (Wildman–Crippen LogP) is 6.97. The van der Waals surface area contributed by atoms with E-state index in [0.29, 0.717) is 11.1 Å². The standard InChI is InChI=1S/C19H31NOS2Si/c1-15(21-24(5,6)19(2,3)4)11-9-10-14-22-18-20-16-12-7-8-13-17(16)23-18/h7-8,12-13,15H,9-11,14H2,1-6H3/t15-/m1/s1. The van der Waals surface area contributed by atoms with Crippen molar-refractivity contribution in [2.45, 2.75) is 75.5 Å². The SMILES string of the molecule is C[C@H](CCCCSc1nc2ccccc2s1)O[Si](C)(C)C(C)(C)C. The summed E-state index contributed by atoms with van der Waals surface area (Å²) in [6.07, 6.45) is 3.99. The van der Waals surface area contributed by atoms with Crippen LogP contribution in [0.15, 0.2) is 28.6 Å². The first-order valence-corrected chi connectivity index (χ1v) is 13.6. The molecule has 0 spiro atoms. The van der Waals surface area contributed by atoms with Crippen LogP contribution >= 0.6 is 23.1 Å². The average molecular weight is 382 g/mol. The molecular formula is C19H31NOS2Si. The number of thioether (sulfide) groups is 1. The van der Waals surface area contributed by atoms with E-state index in [1.807, 2.05) is 11.8 Å². The monoisotopic (exact) mass is 381 g/mol. The maximum Gasteiger partial charge on any atom is 0.192 e. The molecule has 0 amide bonds. The Morgan fingerprint density at radius 2 is 1.92 bits per heavy atom. The molecule has 0 aliphatic heterocycles. The molecule has 5 heteroatoms. The Bertz CT molecular complexity index is 615. The molecule has 0 N–H and O–H groups in total. The third kappa shape index (κ3) is 5.58. The van der Waals surface area contributed by atoms with Gasteiger partial charge in [-0.3, -0.25) is 0 Å². The van der Waals surface area contributed by atoms with E-state index in [9.17, 15) is 0 Å². The van der Waals surface area contributed by atoms with Crippen molar-refractivity contribution in [2.75, 3.05) is 5.75 Å². The maximum atomic E-state index is 6.43. The summed E-state index contributed by atoms with van der Waals surface area (Å²) in [5, 5.41) is 0.296. The molecule has 1 aromatic carbocycles. The number of hydrogen-bond donors (Lipinski definition) is 0. The van der Waals surface area contributed by atoms with Gasteiger partial charge in [0.1, 0.15) is 0 Å². The second kappa shape index (κ2) is 8.34. The van der Waals surface area contributed by atoms with Crippen molar-refractivity contribution in [3.63, 3.8) is 0 Å². The van der Waals surface area contributed by atoms with Gasteiger partial charge in [-0.25, -0.2) is 4.98 Å². The third-order valence-electron chi connectivity index (χ3n) is 4.81. The second-order valence-electron chi connectivity index (χ2n) is 7.98. The van der Waals surface area contributed by atoms with Crippen molar-refractivity contribution in [3.8, 4) is 0 Å². The fraction of sp³-hybridized carbons (Fsp3) is 0.632. The van der Waals surface area contributed by atoms with Crippen LogP contribution in [0.5, 0.6) is 0 Å². The first-order chi connectivity index (χ1) is 11.2. The van der Waals surface area contributed by atoms with Crippen molar-refractivity contribution >= 4 is 41.6 Å². The van der Waals surface area contributed by atoms with E-state index in [0.717, 1.165) is 17.7 Å². The van der Waals surface area contributed by atoms with E-state index >= 15 is 0 Å². The quantitative estimate of drug-likeness (QED) is 0.280. The molecule has 2 aromatic rings. The highest BCUT2D eigenvalue weighted by molar-refractivity contribution is 8.01. The van der Waals surface area contributed by atoms with Crippen molar-refractivity contribution in [1.82, 2.24) is 4.98 Å². The van der Waals surface area contributed by atoms with Crippen molar-refractivity contribution in [2.24, 2.45) is 0 Å². The molecule has 1 aromatic heterocycles. The van der Waals surface area contributed by atoms with Crippen molar-refractivity contribution in [3.05, 3.63) is 24.3 Å². The lowest BCUT2D eigenvalue weighted by Gasteiger charge is -2.38. The van der Waals surface area contributed by atoms with Gasteiger partial charge in [-0.05, 0) is 50.0 Å². The molecule has 0 saturated carbocycles. The zero-order chi connectivity index (χ0) is 17.8. The third-order valence-corrected chi connectivity index (χ3v) is 11.7. The largest absolute Gasteiger partial charge is 0.414 e. The van der Waals surface area contributed by atoms with Gasteiger partial charge < -0.3 is 4.43 Å². The second-order valence-corrected chi connectivity index (χ2v) is 15.1. The Morgan fingerprint density at radius 3 is 2.58 bits per heavy atom. The van der Waals surface area contributed by atoms with Crippen LogP contribution in [0.3, 0.4) is 0 Å². The summed E-state index contributed by atoms with van der Waals surface area (Å²) in [7, 11) is -1.62. The van der Waals surface area contributed by atoms with Gasteiger partial charge in [-0.2, -0.15) is 0 Å². The van der Waals surface area contributed by atoms with E-state index in [1.54, 1.807) is 11.3 Å². The van der Waals surface area contributed by atoms with Crippen LogP contribution < -0.4 is 0 Å². The Morgan fingerprint density at radius 1 is 1.21 bits per heavy atom. The zero-order valence-corrected chi connectivity index (χ0v) is 18.5. The van der Waals surface area contributed by atoms with E-state index in [-0.39, 0.29) is 0 Å². The van der Waals surface area contributed by atoms with Gasteiger partial charge in [0.15, 0.2) is 12.7 Å². The van der Waals surface area contributed by atoms with Gasteiger partial charge in [0.2, 0.25) is 0 Å². The molecule has 0 aliphatic carbocycles. The minimum Gasteiger partial charge on any atom is -0.414 e. The number of aromatic nitrogens is 1. The summed E-state index contributed by atoms with van der Waals surface area (Å²) in [5.74, 6) is 1.15. The predicted molar refractivity (Wildman–Crippen MR) is 112 cm³/mol. The first kappa shape index (κ1) is 20.0. The number of nitrogens with zero attached hydrogens (tertiary/aromatic N) is 1. The molecule has 2 rings (SSSR count). The van der Waals surface area contributed by atoms with E-state index in [4.69, 9.17) is 4.43 Å². The summed E-state index contributed by atoms with van der Waals surface area (Å²) in [6.45, 7) is 13.8. The van der Waals surface area contributed by atoms with Crippen molar-refractivity contribution in [1.29, 1.82) is 0 Å². The molecule has 0 fully saturated rings. The molecule has 0 unspecified atom stereocenters. The Kier molecular flexibility index (Phi) is 6.94. The Balaban J connectivity index is 1.67. The minimum absolute atomic E-state index is 0.296. The van der Waals surface area contributed by atoms with Crippen LogP contribution in [0, 0.1) is 0 Å². The maximum absolute atomic E-state index is 6.43. The number of benzene rings is 1. The van der Waals surface area contributed by atoms with Crippen LogP contribution in [0.25, 0.3) is 10.2 Å². The molecule has 0 aliphatic rings. The van der Waals surface area contributed by atoms with E-state index < -0.39 is 8.32 Å². The lowest BCUT2D eigenvalue weighted by molar-refractivity contribution is 0.186. The van der Waals surface area contributed by atoms with Crippen molar-refractivity contribution < 1.29 is 4.43 Å². The highest BCUT2D eigenvalue weighted by atomic mass is 32.2. The number of hydrogen-bond acceptors (Lipinski definition) is 4.